The molecule has 1 N–H and O–H groups in total. The highest BCUT2D eigenvalue weighted by molar-refractivity contribution is 6.73. The van der Waals surface area contributed by atoms with Crippen LogP contribution in [-0.4, -0.2) is 11.8 Å². The molecule has 1 radical (unpaired) electrons. The number of aromatic nitrogens is 1. The summed E-state index contributed by atoms with van der Waals surface area (Å²) in [5.74, 6) is 0. The van der Waals surface area contributed by atoms with Crippen molar-refractivity contribution in [3.8, 4) is 27.9 Å². The number of nitrogens with zero attached hydrogens (tertiary/aromatic N) is 1. The zero-order valence-corrected chi connectivity index (χ0v) is 40.3. The van der Waals surface area contributed by atoms with Crippen molar-refractivity contribution >= 4 is 73.3 Å². The van der Waals surface area contributed by atoms with Crippen LogP contribution in [0.2, 0.25) is 0 Å². The van der Waals surface area contributed by atoms with Crippen molar-refractivity contribution in [2.24, 2.45) is 0 Å². The molecular weight excluding hydrogens is 787 g/mol. The van der Waals surface area contributed by atoms with E-state index in [1.54, 1.807) is 0 Å². The average molecular weight is 848 g/mol. The summed E-state index contributed by atoms with van der Waals surface area (Å²) in [7, 11) is 2.48. The van der Waals surface area contributed by atoms with E-state index in [4.69, 9.17) is 4.42 Å². The zero-order chi connectivity index (χ0) is 45.3. The first kappa shape index (κ1) is 40.5. The van der Waals surface area contributed by atoms with Crippen LogP contribution in [0, 0.1) is 0 Å². The predicted molar refractivity (Wildman–Crippen MR) is 278 cm³/mol. The number of para-hydroxylation sites is 1. The maximum Gasteiger partial charge on any atom is 0.197 e. The number of furan rings is 1. The molecule has 0 atom stereocenters. The van der Waals surface area contributed by atoms with Crippen LogP contribution in [0.1, 0.15) is 129 Å². The minimum Gasteiger partial charge on any atom is -0.456 e. The Labute approximate surface area is 385 Å². The van der Waals surface area contributed by atoms with Crippen LogP contribution in [0.5, 0.6) is 0 Å². The SMILES string of the molecule is CC(C)(C)c1ccc(Nc2cc3c(cc2-c2ccc4c5cc6c(cc5n5c4c2[B]c2cc(C(C)(C)C)ccc2-5)oc2ccccc26)C(C)(C)c2cc4c(cc2-3)C(C)(C)CCC4(C)C)cc1. The van der Waals surface area contributed by atoms with E-state index in [2.05, 4.69) is 216 Å². The number of benzene rings is 7. The van der Waals surface area contributed by atoms with Gasteiger partial charge < -0.3 is 14.3 Å². The second-order valence-electron chi connectivity index (χ2n) is 23.6. The van der Waals surface area contributed by atoms with E-state index in [1.165, 1.54) is 107 Å². The van der Waals surface area contributed by atoms with Crippen molar-refractivity contribution < 1.29 is 4.42 Å². The van der Waals surface area contributed by atoms with Crippen molar-refractivity contribution in [1.82, 2.24) is 4.57 Å². The molecule has 1 aliphatic heterocycles. The zero-order valence-electron chi connectivity index (χ0n) is 40.3. The number of nitrogens with one attached hydrogen (secondary N) is 1. The highest BCUT2D eigenvalue weighted by Gasteiger charge is 2.43. The third-order valence-corrected chi connectivity index (χ3v) is 16.0. The Morgan fingerprint density at radius 1 is 0.538 bits per heavy atom. The number of fused-ring (bicyclic) bond motifs is 12. The lowest BCUT2D eigenvalue weighted by atomic mass is 9.58. The van der Waals surface area contributed by atoms with Crippen molar-refractivity contribution in [3.63, 3.8) is 0 Å². The Balaban J connectivity index is 1.14. The number of hydrogen-bond acceptors (Lipinski definition) is 2. The van der Waals surface area contributed by atoms with Gasteiger partial charge in [-0.25, -0.2) is 0 Å². The molecule has 7 aromatic carbocycles. The van der Waals surface area contributed by atoms with E-state index < -0.39 is 0 Å². The summed E-state index contributed by atoms with van der Waals surface area (Å²) < 4.78 is 9.09. The number of hydrogen-bond donors (Lipinski definition) is 1. The average Bonchev–Trinajstić information content (AvgIpc) is 3.85. The van der Waals surface area contributed by atoms with E-state index in [0.717, 1.165) is 33.3 Å². The molecule has 0 unspecified atom stereocenters. The molecule has 0 fully saturated rings. The second kappa shape index (κ2) is 13.1. The molecule has 12 rings (SSSR count). The molecule has 3 nitrogen and oxygen atoms in total. The Kier molecular flexibility index (Phi) is 8.16. The molecule has 0 saturated heterocycles. The van der Waals surface area contributed by atoms with Crippen molar-refractivity contribution in [2.45, 2.75) is 123 Å². The Hall–Kier alpha value is -6.00. The molecule has 65 heavy (non-hydrogen) atoms. The molecule has 323 valence electrons. The van der Waals surface area contributed by atoms with Gasteiger partial charge in [-0.15, -0.1) is 0 Å². The summed E-state index contributed by atoms with van der Waals surface area (Å²) in [6.45, 7) is 28.5. The fourth-order valence-electron chi connectivity index (χ4n) is 11.8. The van der Waals surface area contributed by atoms with E-state index in [-0.39, 0.29) is 27.1 Å². The number of anilines is 2. The van der Waals surface area contributed by atoms with Crippen molar-refractivity contribution in [2.75, 3.05) is 5.32 Å². The summed E-state index contributed by atoms with van der Waals surface area (Å²) in [6.07, 6.45) is 2.40. The first-order valence-electron chi connectivity index (χ1n) is 23.9. The third-order valence-electron chi connectivity index (χ3n) is 16.0. The van der Waals surface area contributed by atoms with Gasteiger partial charge in [0.25, 0.3) is 0 Å². The van der Waals surface area contributed by atoms with Crippen molar-refractivity contribution in [3.05, 3.63) is 149 Å². The predicted octanol–water partition coefficient (Wildman–Crippen LogP) is 15.3. The molecule has 0 saturated carbocycles. The molecule has 0 amide bonds. The summed E-state index contributed by atoms with van der Waals surface area (Å²) in [5.41, 5.74) is 24.0. The minimum absolute atomic E-state index is 0.00102. The van der Waals surface area contributed by atoms with Gasteiger partial charge >= 0.3 is 0 Å². The maximum absolute atomic E-state index is 6.56. The second-order valence-corrected chi connectivity index (χ2v) is 23.6. The van der Waals surface area contributed by atoms with Gasteiger partial charge in [-0.1, -0.05) is 149 Å². The Bertz CT molecular complexity index is 3520. The summed E-state index contributed by atoms with van der Waals surface area (Å²) in [6, 6.07) is 44.3. The van der Waals surface area contributed by atoms with Gasteiger partial charge in [0.15, 0.2) is 7.28 Å². The van der Waals surface area contributed by atoms with Crippen LogP contribution < -0.4 is 16.2 Å². The van der Waals surface area contributed by atoms with E-state index in [0.29, 0.717) is 0 Å². The fourth-order valence-corrected chi connectivity index (χ4v) is 11.8. The van der Waals surface area contributed by atoms with Gasteiger partial charge in [0.1, 0.15) is 11.2 Å². The molecule has 3 heterocycles. The molecule has 3 aliphatic rings. The summed E-state index contributed by atoms with van der Waals surface area (Å²) >= 11 is 0. The van der Waals surface area contributed by atoms with Crippen molar-refractivity contribution in [1.29, 1.82) is 0 Å². The summed E-state index contributed by atoms with van der Waals surface area (Å²) in [4.78, 5) is 0. The van der Waals surface area contributed by atoms with Gasteiger partial charge in [-0.05, 0) is 139 Å². The molecule has 2 aromatic heterocycles. The van der Waals surface area contributed by atoms with Crippen LogP contribution in [-0.2, 0) is 27.1 Å². The highest BCUT2D eigenvalue weighted by atomic mass is 16.3. The largest absolute Gasteiger partial charge is 0.456 e. The normalized spacial score (nSPS) is 16.7. The lowest BCUT2D eigenvalue weighted by molar-refractivity contribution is 0.331. The van der Waals surface area contributed by atoms with Gasteiger partial charge in [-0.3, -0.25) is 0 Å². The molecule has 9 aromatic rings. The first-order valence-corrected chi connectivity index (χ1v) is 23.9. The van der Waals surface area contributed by atoms with Crippen LogP contribution in [0.3, 0.4) is 0 Å². The third kappa shape index (κ3) is 5.87. The molecular formula is C61H60BN2O. The van der Waals surface area contributed by atoms with Crippen LogP contribution in [0.4, 0.5) is 11.4 Å². The molecule has 2 aliphatic carbocycles. The molecule has 0 spiro atoms. The lowest BCUT2D eigenvalue weighted by Crippen LogP contribution is -2.38. The van der Waals surface area contributed by atoms with E-state index >= 15 is 0 Å². The maximum atomic E-state index is 6.56. The molecule has 4 heteroatoms. The number of rotatable bonds is 3. The Morgan fingerprint density at radius 2 is 1.18 bits per heavy atom. The standard InChI is InChI=1S/C61H60BN2O/c1-57(2,3)34-17-20-36(21-18-34)63-50-31-41-40-29-47-48(60(9,10)26-25-59(47,7)8)32-46(40)61(11,12)45(41)30-42(50)38-22-23-39-43-28-44-37-15-13-14-16-53(37)65-54(44)33-52(43)64-51-24-19-35(58(4,5)6)27-49(51)62-55(38)56(39)64/h13-24,27-33,63H,25-26H2,1-12H3. The highest BCUT2D eigenvalue weighted by Crippen LogP contribution is 2.56. The van der Waals surface area contributed by atoms with Crippen LogP contribution in [0.25, 0.3) is 71.7 Å². The van der Waals surface area contributed by atoms with Crippen LogP contribution in [0.15, 0.2) is 120 Å². The first-order chi connectivity index (χ1) is 30.7. The molecule has 0 bridgehead atoms. The van der Waals surface area contributed by atoms with Crippen LogP contribution >= 0.6 is 0 Å². The fraction of sp³-hybridized carbons (Fsp3) is 0.311. The quantitative estimate of drug-likeness (QED) is 0.180. The topological polar surface area (TPSA) is 30.1 Å². The minimum atomic E-state index is -0.190. The van der Waals surface area contributed by atoms with Gasteiger partial charge in [0.05, 0.1) is 5.52 Å². The van der Waals surface area contributed by atoms with Gasteiger partial charge in [0, 0.05) is 61.2 Å². The lowest BCUT2D eigenvalue weighted by Gasteiger charge is -2.42. The Morgan fingerprint density at radius 3 is 1.91 bits per heavy atom. The van der Waals surface area contributed by atoms with Gasteiger partial charge in [0.2, 0.25) is 0 Å². The smallest absolute Gasteiger partial charge is 0.197 e. The van der Waals surface area contributed by atoms with Gasteiger partial charge in [-0.2, -0.15) is 0 Å². The summed E-state index contributed by atoms with van der Waals surface area (Å²) in [5, 5.41) is 8.84. The van der Waals surface area contributed by atoms with E-state index in [1.807, 2.05) is 0 Å². The van der Waals surface area contributed by atoms with E-state index in [9.17, 15) is 0 Å². The monoisotopic (exact) mass is 847 g/mol.